The molecule has 2 rings (SSSR count). The molecule has 0 aromatic heterocycles. The SMILES string of the molecule is C[NH+]1CCN(NC(=O)/C=C/c2cc(Br)ccc2F)CC1. The molecule has 1 aliphatic heterocycles. The van der Waals surface area contributed by atoms with E-state index in [9.17, 15) is 9.18 Å². The van der Waals surface area contributed by atoms with Gasteiger partial charge in [-0.2, -0.15) is 0 Å². The number of carbonyl (C=O) groups excluding carboxylic acids is 1. The number of hydrogen-bond acceptors (Lipinski definition) is 2. The Bertz CT molecular complexity index is 513. The first-order valence-electron chi connectivity index (χ1n) is 6.54. The van der Waals surface area contributed by atoms with E-state index in [1.54, 1.807) is 12.1 Å². The van der Waals surface area contributed by atoms with E-state index < -0.39 is 0 Å². The topological polar surface area (TPSA) is 36.8 Å². The first-order chi connectivity index (χ1) is 9.54. The lowest BCUT2D eigenvalue weighted by Crippen LogP contribution is -3.12. The van der Waals surface area contributed by atoms with Crippen molar-refractivity contribution in [3.05, 3.63) is 40.1 Å². The molecule has 108 valence electrons. The summed E-state index contributed by atoms with van der Waals surface area (Å²) in [6.07, 6.45) is 2.84. The van der Waals surface area contributed by atoms with E-state index in [2.05, 4.69) is 28.4 Å². The van der Waals surface area contributed by atoms with Gasteiger partial charge in [0, 0.05) is 16.1 Å². The van der Waals surface area contributed by atoms with Crippen LogP contribution in [0.25, 0.3) is 6.08 Å². The Balaban J connectivity index is 1.90. The summed E-state index contributed by atoms with van der Waals surface area (Å²) in [5.74, 6) is -0.579. The molecule has 0 spiro atoms. The van der Waals surface area contributed by atoms with E-state index in [4.69, 9.17) is 0 Å². The number of hydrogen-bond donors (Lipinski definition) is 2. The van der Waals surface area contributed by atoms with Crippen molar-refractivity contribution < 1.29 is 14.1 Å². The standard InChI is InChI=1S/C14H17BrFN3O/c1-18-6-8-19(9-7-18)17-14(20)5-2-11-10-12(15)3-4-13(11)16/h2-5,10H,6-9H2,1H3,(H,17,20)/p+1/b5-2+. The maximum Gasteiger partial charge on any atom is 0.258 e. The zero-order valence-electron chi connectivity index (χ0n) is 11.3. The Labute approximate surface area is 126 Å². The van der Waals surface area contributed by atoms with Crippen LogP contribution in [0.4, 0.5) is 4.39 Å². The quantitative estimate of drug-likeness (QED) is 0.783. The number of amides is 1. The number of hydrazine groups is 1. The lowest BCUT2D eigenvalue weighted by molar-refractivity contribution is -0.884. The Morgan fingerprint density at radius 2 is 2.15 bits per heavy atom. The first kappa shape index (κ1) is 15.2. The lowest BCUT2D eigenvalue weighted by atomic mass is 10.2. The molecule has 1 fully saturated rings. The van der Waals surface area contributed by atoms with Gasteiger partial charge in [0.1, 0.15) is 5.82 Å². The molecule has 2 N–H and O–H groups in total. The van der Waals surface area contributed by atoms with Crippen LogP contribution in [0.1, 0.15) is 5.56 Å². The summed E-state index contributed by atoms with van der Waals surface area (Å²) in [6, 6.07) is 4.63. The average molecular weight is 343 g/mol. The fourth-order valence-electron chi connectivity index (χ4n) is 2.00. The molecule has 1 aromatic rings. The summed E-state index contributed by atoms with van der Waals surface area (Å²) in [5.41, 5.74) is 3.19. The van der Waals surface area contributed by atoms with Gasteiger partial charge in [0.15, 0.2) is 0 Å². The Kier molecular flexibility index (Phi) is 5.28. The van der Waals surface area contributed by atoms with Crippen LogP contribution >= 0.6 is 15.9 Å². The zero-order valence-corrected chi connectivity index (χ0v) is 12.9. The smallest absolute Gasteiger partial charge is 0.258 e. The molecule has 1 saturated heterocycles. The van der Waals surface area contributed by atoms with Crippen LogP contribution in [0.2, 0.25) is 0 Å². The van der Waals surface area contributed by atoms with Crippen LogP contribution < -0.4 is 10.3 Å². The molecule has 1 aliphatic rings. The van der Waals surface area contributed by atoms with E-state index >= 15 is 0 Å². The molecule has 0 saturated carbocycles. The molecular weight excluding hydrogens is 325 g/mol. The van der Waals surface area contributed by atoms with Crippen LogP contribution in [0.15, 0.2) is 28.7 Å². The minimum absolute atomic E-state index is 0.232. The highest BCUT2D eigenvalue weighted by atomic mass is 79.9. The van der Waals surface area contributed by atoms with Crippen molar-refractivity contribution in [2.24, 2.45) is 0 Å². The van der Waals surface area contributed by atoms with Gasteiger partial charge in [-0.3, -0.25) is 10.2 Å². The minimum Gasteiger partial charge on any atom is -0.335 e. The van der Waals surface area contributed by atoms with Crippen LogP contribution in [0.3, 0.4) is 0 Å². The predicted octanol–water partition coefficient (Wildman–Crippen LogP) is 0.463. The number of nitrogens with zero attached hydrogens (tertiary/aromatic N) is 1. The number of piperazine rings is 1. The van der Waals surface area contributed by atoms with Gasteiger partial charge in [0.2, 0.25) is 0 Å². The van der Waals surface area contributed by atoms with E-state index in [1.807, 2.05) is 5.01 Å². The highest BCUT2D eigenvalue weighted by Gasteiger charge is 2.17. The summed E-state index contributed by atoms with van der Waals surface area (Å²) in [6.45, 7) is 3.67. The maximum atomic E-state index is 13.5. The second kappa shape index (κ2) is 6.97. The molecule has 1 heterocycles. The van der Waals surface area contributed by atoms with Crippen LogP contribution in [0, 0.1) is 5.82 Å². The van der Waals surface area contributed by atoms with Crippen molar-refractivity contribution in [3.63, 3.8) is 0 Å². The summed E-state index contributed by atoms with van der Waals surface area (Å²) in [4.78, 5) is 13.2. The monoisotopic (exact) mass is 342 g/mol. The van der Waals surface area contributed by atoms with Crippen LogP contribution in [0.5, 0.6) is 0 Å². The number of likely N-dealkylation sites (N-methyl/N-ethyl adjacent to an activating group) is 1. The lowest BCUT2D eigenvalue weighted by Gasteiger charge is -2.29. The Hall–Kier alpha value is -1.24. The molecule has 0 atom stereocenters. The van der Waals surface area contributed by atoms with Crippen molar-refractivity contribution in [1.29, 1.82) is 0 Å². The molecule has 0 unspecified atom stereocenters. The maximum absolute atomic E-state index is 13.5. The molecule has 6 heteroatoms. The van der Waals surface area contributed by atoms with Gasteiger partial charge in [-0.1, -0.05) is 15.9 Å². The van der Waals surface area contributed by atoms with E-state index in [1.165, 1.54) is 23.1 Å². The van der Waals surface area contributed by atoms with Crippen LogP contribution in [-0.4, -0.2) is 44.1 Å². The molecule has 1 aromatic carbocycles. The summed E-state index contributed by atoms with van der Waals surface area (Å²) in [7, 11) is 2.13. The van der Waals surface area contributed by atoms with Crippen molar-refractivity contribution in [2.75, 3.05) is 33.2 Å². The second-order valence-electron chi connectivity index (χ2n) is 4.92. The molecule has 0 aliphatic carbocycles. The van der Waals surface area contributed by atoms with Gasteiger partial charge >= 0.3 is 0 Å². The number of benzene rings is 1. The van der Waals surface area contributed by atoms with Gasteiger partial charge < -0.3 is 4.90 Å². The average Bonchev–Trinajstić information content (AvgIpc) is 2.42. The number of rotatable bonds is 3. The van der Waals surface area contributed by atoms with Gasteiger partial charge in [0.05, 0.1) is 33.2 Å². The third-order valence-corrected chi connectivity index (χ3v) is 3.75. The Morgan fingerprint density at radius 1 is 1.45 bits per heavy atom. The Morgan fingerprint density at radius 3 is 2.85 bits per heavy atom. The van der Waals surface area contributed by atoms with Gasteiger partial charge in [-0.25, -0.2) is 9.40 Å². The van der Waals surface area contributed by atoms with Crippen LogP contribution in [-0.2, 0) is 4.79 Å². The van der Waals surface area contributed by atoms with Crippen molar-refractivity contribution >= 4 is 27.9 Å². The van der Waals surface area contributed by atoms with E-state index in [-0.39, 0.29) is 11.7 Å². The predicted molar refractivity (Wildman–Crippen MR) is 79.5 cm³/mol. The minimum atomic E-state index is -0.347. The summed E-state index contributed by atoms with van der Waals surface area (Å²) >= 11 is 3.28. The third kappa shape index (κ3) is 4.40. The number of halogens is 2. The molecule has 1 amide bonds. The van der Waals surface area contributed by atoms with Crippen molar-refractivity contribution in [2.45, 2.75) is 0 Å². The van der Waals surface area contributed by atoms with Gasteiger partial charge in [0.25, 0.3) is 5.91 Å². The summed E-state index contributed by atoms with van der Waals surface area (Å²) in [5, 5.41) is 1.90. The highest BCUT2D eigenvalue weighted by molar-refractivity contribution is 9.10. The molecule has 20 heavy (non-hydrogen) atoms. The van der Waals surface area contributed by atoms with Crippen molar-refractivity contribution in [3.8, 4) is 0 Å². The number of quaternary nitrogens is 1. The zero-order chi connectivity index (χ0) is 14.5. The molecular formula is C14H18BrFN3O+. The highest BCUT2D eigenvalue weighted by Crippen LogP contribution is 2.16. The number of carbonyl (C=O) groups is 1. The second-order valence-corrected chi connectivity index (χ2v) is 5.84. The largest absolute Gasteiger partial charge is 0.335 e. The van der Waals surface area contributed by atoms with Crippen molar-refractivity contribution in [1.82, 2.24) is 10.4 Å². The fraction of sp³-hybridized carbons (Fsp3) is 0.357. The summed E-state index contributed by atoms with van der Waals surface area (Å²) < 4.78 is 14.3. The molecule has 0 radical (unpaired) electrons. The van der Waals surface area contributed by atoms with E-state index in [0.717, 1.165) is 30.7 Å². The normalized spacial score (nSPS) is 17.6. The number of nitrogens with one attached hydrogen (secondary N) is 2. The fourth-order valence-corrected chi connectivity index (χ4v) is 2.38. The first-order valence-corrected chi connectivity index (χ1v) is 7.34. The van der Waals surface area contributed by atoms with Gasteiger partial charge in [-0.15, -0.1) is 0 Å². The van der Waals surface area contributed by atoms with E-state index in [0.29, 0.717) is 5.56 Å². The van der Waals surface area contributed by atoms with Gasteiger partial charge in [-0.05, 0) is 24.3 Å². The third-order valence-electron chi connectivity index (χ3n) is 3.26. The molecule has 4 nitrogen and oxygen atoms in total. The molecule has 0 bridgehead atoms.